The Hall–Kier alpha value is -3.38. The highest BCUT2D eigenvalue weighted by atomic mass is 19.4. The zero-order chi connectivity index (χ0) is 22.1. The van der Waals surface area contributed by atoms with Crippen LogP contribution < -0.4 is 4.90 Å². The Labute approximate surface area is 171 Å². The summed E-state index contributed by atoms with van der Waals surface area (Å²) in [5.41, 5.74) is -3.12. The number of rotatable bonds is 5. The molecule has 1 saturated heterocycles. The van der Waals surface area contributed by atoms with Crippen molar-refractivity contribution in [3.63, 3.8) is 0 Å². The molecule has 0 spiro atoms. The molecule has 9 heteroatoms. The van der Waals surface area contributed by atoms with Gasteiger partial charge in [-0.15, -0.1) is 0 Å². The van der Waals surface area contributed by atoms with Gasteiger partial charge in [0.05, 0.1) is 22.9 Å². The molecule has 1 heterocycles. The van der Waals surface area contributed by atoms with Crippen LogP contribution in [0.25, 0.3) is 0 Å². The van der Waals surface area contributed by atoms with Crippen LogP contribution in [0.15, 0.2) is 42.5 Å². The van der Waals surface area contributed by atoms with Crippen LogP contribution in [0.4, 0.5) is 23.7 Å². The van der Waals surface area contributed by atoms with Crippen molar-refractivity contribution in [2.24, 2.45) is 0 Å². The Kier molecular flexibility index (Phi) is 5.55. The van der Waals surface area contributed by atoms with Gasteiger partial charge in [-0.05, 0) is 43.7 Å². The van der Waals surface area contributed by atoms with Gasteiger partial charge in [0.25, 0.3) is 5.91 Å². The van der Waals surface area contributed by atoms with E-state index >= 15 is 0 Å². The van der Waals surface area contributed by atoms with Crippen molar-refractivity contribution < 1.29 is 27.5 Å². The summed E-state index contributed by atoms with van der Waals surface area (Å²) in [6, 6.07) is 12.6. The summed E-state index contributed by atoms with van der Waals surface area (Å²) in [5, 5.41) is 8.99. The minimum atomic E-state index is -4.82. The highest BCUT2D eigenvalue weighted by Crippen LogP contribution is 2.41. The first-order chi connectivity index (χ1) is 14.2. The summed E-state index contributed by atoms with van der Waals surface area (Å²) >= 11 is 0. The highest BCUT2D eigenvalue weighted by molar-refractivity contribution is 6.23. The average Bonchev–Trinajstić information content (AvgIpc) is 2.92. The molecule has 1 atom stereocenters. The zero-order valence-corrected chi connectivity index (χ0v) is 16.2. The number of nitrogens with zero attached hydrogens (tertiary/aromatic N) is 3. The highest BCUT2D eigenvalue weighted by Gasteiger charge is 2.56. The molecule has 30 heavy (non-hydrogen) atoms. The van der Waals surface area contributed by atoms with Crippen molar-refractivity contribution in [3.8, 4) is 6.07 Å². The molecule has 0 N–H and O–H groups in total. The van der Waals surface area contributed by atoms with Gasteiger partial charge in [0.2, 0.25) is 0 Å². The summed E-state index contributed by atoms with van der Waals surface area (Å²) < 4.78 is 45.5. The summed E-state index contributed by atoms with van der Waals surface area (Å²) in [6.45, 7) is 3.27. The number of alkyl halides is 3. The third-order valence-electron chi connectivity index (χ3n) is 4.97. The van der Waals surface area contributed by atoms with Gasteiger partial charge in [-0.1, -0.05) is 24.3 Å². The van der Waals surface area contributed by atoms with Gasteiger partial charge in [-0.3, -0.25) is 9.69 Å². The molecular weight excluding hydrogens is 399 g/mol. The van der Waals surface area contributed by atoms with E-state index < -0.39 is 34.8 Å². The fraction of sp³-hybridized carbons (Fsp3) is 0.286. The van der Waals surface area contributed by atoms with Crippen LogP contribution in [-0.4, -0.2) is 30.2 Å². The molecule has 3 amide bonds. The topological polar surface area (TPSA) is 73.6 Å². The van der Waals surface area contributed by atoms with E-state index in [0.29, 0.717) is 16.5 Å². The van der Waals surface area contributed by atoms with Crippen molar-refractivity contribution in [1.82, 2.24) is 4.90 Å². The maximum Gasteiger partial charge on any atom is 0.417 e. The van der Waals surface area contributed by atoms with Crippen LogP contribution in [0.3, 0.4) is 0 Å². The van der Waals surface area contributed by atoms with E-state index in [-0.39, 0.29) is 19.0 Å². The van der Waals surface area contributed by atoms with Crippen LogP contribution in [-0.2, 0) is 21.2 Å². The van der Waals surface area contributed by atoms with E-state index in [2.05, 4.69) is 6.07 Å². The minimum absolute atomic E-state index is 0.227. The Morgan fingerprint density at radius 1 is 1.20 bits per heavy atom. The third kappa shape index (κ3) is 3.39. The predicted octanol–water partition coefficient (Wildman–Crippen LogP) is 4.06. The van der Waals surface area contributed by atoms with Gasteiger partial charge in [0.15, 0.2) is 0 Å². The van der Waals surface area contributed by atoms with E-state index in [9.17, 15) is 22.8 Å². The number of carbonyl (C=O) groups is 2. The fourth-order valence-electron chi connectivity index (χ4n) is 3.32. The molecule has 0 saturated carbocycles. The van der Waals surface area contributed by atoms with Crippen molar-refractivity contribution in [2.75, 3.05) is 18.2 Å². The molecule has 155 valence electrons. The van der Waals surface area contributed by atoms with Crippen molar-refractivity contribution >= 4 is 17.6 Å². The third-order valence-corrected chi connectivity index (χ3v) is 4.97. The second-order valence-electron chi connectivity index (χ2n) is 6.67. The van der Waals surface area contributed by atoms with Crippen molar-refractivity contribution in [1.29, 1.82) is 5.26 Å². The number of ether oxygens (including phenoxy) is 1. The number of hydrogen-bond donors (Lipinski definition) is 0. The van der Waals surface area contributed by atoms with E-state index in [1.54, 1.807) is 31.2 Å². The number of anilines is 1. The van der Waals surface area contributed by atoms with Crippen molar-refractivity contribution in [3.05, 3.63) is 65.2 Å². The van der Waals surface area contributed by atoms with Crippen LogP contribution in [0, 0.1) is 17.4 Å². The van der Waals surface area contributed by atoms with E-state index in [0.717, 1.165) is 12.1 Å². The summed E-state index contributed by atoms with van der Waals surface area (Å²) in [6.07, 6.45) is -4.82. The molecule has 1 aliphatic rings. The Balaban J connectivity index is 2.14. The number of hydrogen-bond acceptors (Lipinski definition) is 4. The number of carbonyl (C=O) groups excluding carboxylic acids is 2. The summed E-state index contributed by atoms with van der Waals surface area (Å²) in [7, 11) is 0. The minimum Gasteiger partial charge on any atom is -0.361 e. The number of nitriles is 1. The van der Waals surface area contributed by atoms with Gasteiger partial charge >= 0.3 is 12.2 Å². The second kappa shape index (κ2) is 7.80. The molecule has 2 aromatic carbocycles. The fourth-order valence-corrected chi connectivity index (χ4v) is 3.32. The maximum atomic E-state index is 13.4. The monoisotopic (exact) mass is 416 g/mol. The summed E-state index contributed by atoms with van der Waals surface area (Å²) in [5.74, 6) is -0.726. The zero-order valence-electron chi connectivity index (χ0n) is 16.2. The number of halogens is 3. The quantitative estimate of drug-likeness (QED) is 0.690. The Morgan fingerprint density at radius 3 is 2.43 bits per heavy atom. The van der Waals surface area contributed by atoms with Gasteiger partial charge in [-0.2, -0.15) is 18.4 Å². The van der Waals surface area contributed by atoms with Crippen LogP contribution in [0.2, 0.25) is 0 Å². The lowest BCUT2D eigenvalue weighted by atomic mass is 9.90. The van der Waals surface area contributed by atoms with Gasteiger partial charge in [0.1, 0.15) is 12.3 Å². The van der Waals surface area contributed by atoms with Crippen LogP contribution in [0.5, 0.6) is 0 Å². The Morgan fingerprint density at radius 2 is 1.87 bits per heavy atom. The summed E-state index contributed by atoms with van der Waals surface area (Å²) in [4.78, 5) is 28.4. The smallest absolute Gasteiger partial charge is 0.361 e. The lowest BCUT2D eigenvalue weighted by molar-refractivity contribution is -0.137. The van der Waals surface area contributed by atoms with Gasteiger partial charge in [0, 0.05) is 6.61 Å². The largest absolute Gasteiger partial charge is 0.417 e. The van der Waals surface area contributed by atoms with Gasteiger partial charge in [-0.25, -0.2) is 9.69 Å². The first kappa shape index (κ1) is 21.3. The molecule has 1 unspecified atom stereocenters. The molecule has 1 fully saturated rings. The molecule has 0 aliphatic carbocycles. The lowest BCUT2D eigenvalue weighted by Crippen LogP contribution is -2.45. The standard InChI is InChI=1S/C21H17F3N3O3/c1-3-30-13-26-19(29)27(18(28)20(26,2)15-7-5-4-6-8-15)16-10-9-14(12-25)17(11-16)21(22,23)24/h5-11H,3,13H2,1-2H3. The molecular formula is C21H17F3N3O3. The Bertz CT molecular complexity index is 1020. The maximum absolute atomic E-state index is 13.4. The average molecular weight is 416 g/mol. The van der Waals surface area contributed by atoms with Crippen LogP contribution >= 0.6 is 0 Å². The first-order valence-corrected chi connectivity index (χ1v) is 8.98. The molecule has 1 radical (unpaired) electrons. The number of urea groups is 1. The lowest BCUT2D eigenvalue weighted by Gasteiger charge is -2.31. The van der Waals surface area contributed by atoms with Crippen LogP contribution in [0.1, 0.15) is 30.5 Å². The van der Waals surface area contributed by atoms with Gasteiger partial charge < -0.3 is 4.74 Å². The van der Waals surface area contributed by atoms with Crippen molar-refractivity contribution in [2.45, 2.75) is 25.6 Å². The van der Waals surface area contributed by atoms with E-state index in [4.69, 9.17) is 10.00 Å². The SMILES string of the molecule is CCOCN1C(=O)N(c2ccc(C#N)c(C(F)(F)F)c2)C(=O)C1(C)c1cc[c]cc1. The molecule has 6 nitrogen and oxygen atoms in total. The molecule has 1 aliphatic heterocycles. The molecule has 3 rings (SSSR count). The normalized spacial score (nSPS) is 19.3. The number of benzene rings is 2. The predicted molar refractivity (Wildman–Crippen MR) is 100 cm³/mol. The van der Waals surface area contributed by atoms with E-state index in [1.807, 2.05) is 0 Å². The molecule has 0 bridgehead atoms. The number of amides is 3. The second-order valence-corrected chi connectivity index (χ2v) is 6.67. The molecule has 2 aromatic rings. The number of imide groups is 1. The first-order valence-electron chi connectivity index (χ1n) is 8.98. The molecule has 0 aromatic heterocycles. The van der Waals surface area contributed by atoms with E-state index in [1.165, 1.54) is 17.9 Å².